The average Bonchev–Trinajstić information content (AvgIpc) is 2.99. The number of hydrogen-bond acceptors (Lipinski definition) is 5. The number of benzene rings is 1. The van der Waals surface area contributed by atoms with Gasteiger partial charge in [0.25, 0.3) is 5.91 Å². The third-order valence-corrected chi connectivity index (χ3v) is 4.37. The number of thioether (sulfide) groups is 1. The van der Waals surface area contributed by atoms with Crippen LogP contribution in [0.5, 0.6) is 11.5 Å². The number of imidazole rings is 1. The predicted molar refractivity (Wildman–Crippen MR) is 85.9 cm³/mol. The number of rotatable bonds is 4. The Labute approximate surface area is 132 Å². The van der Waals surface area contributed by atoms with Gasteiger partial charge in [-0.05, 0) is 12.1 Å². The molecule has 0 bridgehead atoms. The fourth-order valence-corrected chi connectivity index (χ4v) is 3.19. The Balaban J connectivity index is 1.77. The molecular weight excluding hydrogens is 302 g/mol. The summed E-state index contributed by atoms with van der Waals surface area (Å²) in [7, 11) is 3.13. The largest absolute Gasteiger partial charge is 0.493 e. The van der Waals surface area contributed by atoms with Crippen molar-refractivity contribution in [2.75, 3.05) is 25.3 Å². The summed E-state index contributed by atoms with van der Waals surface area (Å²) >= 11 is 1.83. The van der Waals surface area contributed by atoms with Crippen molar-refractivity contribution in [1.29, 1.82) is 0 Å². The Morgan fingerprint density at radius 2 is 2.14 bits per heavy atom. The zero-order chi connectivity index (χ0) is 15.5. The number of anilines is 1. The van der Waals surface area contributed by atoms with Gasteiger partial charge in [0.1, 0.15) is 11.5 Å². The minimum absolute atomic E-state index is 0.223. The van der Waals surface area contributed by atoms with E-state index in [9.17, 15) is 4.79 Å². The van der Waals surface area contributed by atoms with Crippen LogP contribution >= 0.6 is 11.8 Å². The zero-order valence-electron chi connectivity index (χ0n) is 12.5. The summed E-state index contributed by atoms with van der Waals surface area (Å²) in [6, 6.07) is 5.25. The van der Waals surface area contributed by atoms with Crippen molar-refractivity contribution in [3.63, 3.8) is 0 Å². The van der Waals surface area contributed by atoms with Crippen molar-refractivity contribution in [3.8, 4) is 11.5 Å². The number of amides is 1. The quantitative estimate of drug-likeness (QED) is 0.937. The summed E-state index contributed by atoms with van der Waals surface area (Å²) in [5, 5.41) is 2.84. The molecule has 7 heteroatoms. The number of hydrogen-bond donors (Lipinski definition) is 1. The van der Waals surface area contributed by atoms with Gasteiger partial charge in [-0.15, -0.1) is 0 Å². The van der Waals surface area contributed by atoms with E-state index in [1.165, 1.54) is 0 Å². The summed E-state index contributed by atoms with van der Waals surface area (Å²) in [5.74, 6) is 3.83. The van der Waals surface area contributed by atoms with Crippen LogP contribution in [-0.4, -0.2) is 35.4 Å². The second-order valence-electron chi connectivity index (χ2n) is 4.81. The van der Waals surface area contributed by atoms with E-state index < -0.39 is 0 Å². The molecule has 1 aliphatic heterocycles. The van der Waals surface area contributed by atoms with Crippen molar-refractivity contribution >= 4 is 23.4 Å². The highest BCUT2D eigenvalue weighted by Gasteiger charge is 2.17. The molecule has 1 aliphatic rings. The first-order valence-electron chi connectivity index (χ1n) is 6.88. The minimum Gasteiger partial charge on any atom is -0.493 e. The van der Waals surface area contributed by atoms with E-state index in [2.05, 4.69) is 10.3 Å². The molecule has 0 fully saturated rings. The van der Waals surface area contributed by atoms with Crippen LogP contribution in [0.4, 0.5) is 5.69 Å². The molecule has 6 nitrogen and oxygen atoms in total. The van der Waals surface area contributed by atoms with E-state index in [0.29, 0.717) is 22.9 Å². The molecule has 0 atom stereocenters. The first-order chi connectivity index (χ1) is 10.7. The minimum atomic E-state index is -0.223. The van der Waals surface area contributed by atoms with Gasteiger partial charge in [-0.1, -0.05) is 0 Å². The normalized spacial score (nSPS) is 13.4. The van der Waals surface area contributed by atoms with Gasteiger partial charge in [-0.3, -0.25) is 4.79 Å². The molecule has 0 saturated heterocycles. The van der Waals surface area contributed by atoms with E-state index in [1.807, 2.05) is 22.5 Å². The van der Waals surface area contributed by atoms with Crippen molar-refractivity contribution in [1.82, 2.24) is 9.55 Å². The zero-order valence-corrected chi connectivity index (χ0v) is 13.3. The molecule has 2 heterocycles. The Morgan fingerprint density at radius 3 is 2.86 bits per heavy atom. The molecule has 3 rings (SSSR count). The van der Waals surface area contributed by atoms with Crippen LogP contribution in [0.25, 0.3) is 0 Å². The number of methoxy groups -OCH3 is 2. The van der Waals surface area contributed by atoms with Crippen LogP contribution in [0, 0.1) is 0 Å². The fourth-order valence-electron chi connectivity index (χ4n) is 2.31. The summed E-state index contributed by atoms with van der Waals surface area (Å²) in [6.45, 7) is 0.899. The molecule has 22 heavy (non-hydrogen) atoms. The highest BCUT2D eigenvalue weighted by atomic mass is 32.2. The molecule has 1 aromatic heterocycles. The molecule has 1 amide bonds. The monoisotopic (exact) mass is 319 g/mol. The fraction of sp³-hybridized carbons (Fsp3) is 0.333. The smallest absolute Gasteiger partial charge is 0.275 e. The molecule has 2 aromatic rings. The van der Waals surface area contributed by atoms with Gasteiger partial charge >= 0.3 is 0 Å². The maximum absolute atomic E-state index is 12.3. The van der Waals surface area contributed by atoms with Gasteiger partial charge < -0.3 is 19.4 Å². The average molecular weight is 319 g/mol. The summed E-state index contributed by atoms with van der Waals surface area (Å²) < 4.78 is 12.5. The molecule has 0 unspecified atom stereocenters. The SMILES string of the molecule is COc1ccc(NC(=O)c2cn3c(n2)CSCC3)cc1OC. The van der Waals surface area contributed by atoms with Crippen LogP contribution in [0.15, 0.2) is 24.4 Å². The first-order valence-corrected chi connectivity index (χ1v) is 8.04. The van der Waals surface area contributed by atoms with Gasteiger partial charge in [-0.2, -0.15) is 11.8 Å². The molecular formula is C15H17N3O3S. The number of nitrogens with zero attached hydrogens (tertiary/aromatic N) is 2. The van der Waals surface area contributed by atoms with Gasteiger partial charge in [0, 0.05) is 30.2 Å². The highest BCUT2D eigenvalue weighted by Crippen LogP contribution is 2.30. The van der Waals surface area contributed by atoms with Crippen molar-refractivity contribution in [3.05, 3.63) is 35.9 Å². The molecule has 116 valence electrons. The second-order valence-corrected chi connectivity index (χ2v) is 5.92. The van der Waals surface area contributed by atoms with E-state index >= 15 is 0 Å². The lowest BCUT2D eigenvalue weighted by Gasteiger charge is -2.11. The molecule has 0 saturated carbocycles. The van der Waals surface area contributed by atoms with Crippen molar-refractivity contribution in [2.24, 2.45) is 0 Å². The van der Waals surface area contributed by atoms with Crippen LogP contribution in [0.3, 0.4) is 0 Å². The van der Waals surface area contributed by atoms with E-state index in [-0.39, 0.29) is 5.91 Å². The van der Waals surface area contributed by atoms with Crippen molar-refractivity contribution < 1.29 is 14.3 Å². The predicted octanol–water partition coefficient (Wildman–Crippen LogP) is 2.40. The number of carbonyl (C=O) groups is 1. The van der Waals surface area contributed by atoms with Crippen LogP contribution < -0.4 is 14.8 Å². The Hall–Kier alpha value is -2.15. The summed E-state index contributed by atoms with van der Waals surface area (Å²) in [5.41, 5.74) is 1.08. The molecule has 0 radical (unpaired) electrons. The number of ether oxygens (including phenoxy) is 2. The van der Waals surface area contributed by atoms with Gasteiger partial charge in [-0.25, -0.2) is 4.98 Å². The van der Waals surface area contributed by atoms with E-state index in [1.54, 1.807) is 32.4 Å². The van der Waals surface area contributed by atoms with Gasteiger partial charge in [0.2, 0.25) is 0 Å². The molecule has 1 N–H and O–H groups in total. The lowest BCUT2D eigenvalue weighted by Crippen LogP contribution is -2.12. The van der Waals surface area contributed by atoms with E-state index in [0.717, 1.165) is 23.9 Å². The number of carbonyl (C=O) groups excluding carboxylic acids is 1. The summed E-state index contributed by atoms with van der Waals surface area (Å²) in [6.07, 6.45) is 1.81. The summed E-state index contributed by atoms with van der Waals surface area (Å²) in [4.78, 5) is 16.7. The maximum atomic E-state index is 12.3. The highest BCUT2D eigenvalue weighted by molar-refractivity contribution is 7.98. The first kappa shape index (κ1) is 14.8. The van der Waals surface area contributed by atoms with Crippen LogP contribution in [-0.2, 0) is 12.3 Å². The maximum Gasteiger partial charge on any atom is 0.275 e. The molecule has 0 aliphatic carbocycles. The lowest BCUT2D eigenvalue weighted by molar-refractivity contribution is 0.102. The second kappa shape index (κ2) is 6.31. The topological polar surface area (TPSA) is 65.4 Å². The number of nitrogens with one attached hydrogen (secondary N) is 1. The van der Waals surface area contributed by atoms with Crippen LogP contribution in [0.1, 0.15) is 16.3 Å². The third-order valence-electron chi connectivity index (χ3n) is 3.44. The Morgan fingerprint density at radius 1 is 1.32 bits per heavy atom. The third kappa shape index (κ3) is 2.89. The molecule has 0 spiro atoms. The lowest BCUT2D eigenvalue weighted by atomic mass is 10.2. The number of aryl methyl sites for hydroxylation is 1. The van der Waals surface area contributed by atoms with Gasteiger partial charge in [0.05, 0.1) is 20.0 Å². The Kier molecular flexibility index (Phi) is 4.24. The van der Waals surface area contributed by atoms with Gasteiger partial charge in [0.15, 0.2) is 11.5 Å². The number of fused-ring (bicyclic) bond motifs is 1. The standard InChI is InChI=1S/C15H17N3O3S/c1-20-12-4-3-10(7-13(12)21-2)16-15(19)11-8-18-5-6-22-9-14(18)17-11/h3-4,7-8H,5-6,9H2,1-2H3,(H,16,19). The van der Waals surface area contributed by atoms with Crippen LogP contribution in [0.2, 0.25) is 0 Å². The molecule has 1 aromatic carbocycles. The number of aromatic nitrogens is 2. The van der Waals surface area contributed by atoms with Crippen molar-refractivity contribution in [2.45, 2.75) is 12.3 Å². The Bertz CT molecular complexity index is 676. The van der Waals surface area contributed by atoms with E-state index in [4.69, 9.17) is 9.47 Å².